The molecule has 2 aromatic carbocycles. The molecule has 1 aliphatic heterocycles. The number of nitrogens with zero attached hydrogens (tertiary/aromatic N) is 4. The van der Waals surface area contributed by atoms with Crippen molar-refractivity contribution in [2.75, 3.05) is 62.7 Å². The molecular formula is C25H30N8OS. The van der Waals surface area contributed by atoms with Crippen LogP contribution in [0, 0.1) is 0 Å². The number of ether oxygens (including phenoxy) is 1. The average Bonchev–Trinajstić information content (AvgIpc) is 3.49. The summed E-state index contributed by atoms with van der Waals surface area (Å²) < 4.78 is 6.76. The molecule has 10 heteroatoms. The Morgan fingerprint density at radius 2 is 1.94 bits per heavy atom. The summed E-state index contributed by atoms with van der Waals surface area (Å²) in [4.78, 5) is 14.0. The molecule has 0 saturated carbocycles. The highest BCUT2D eigenvalue weighted by molar-refractivity contribution is 7.17. The van der Waals surface area contributed by atoms with E-state index in [1.807, 2.05) is 42.8 Å². The summed E-state index contributed by atoms with van der Waals surface area (Å²) in [6.07, 6.45) is 0. The lowest BCUT2D eigenvalue weighted by Gasteiger charge is -2.24. The molecule has 0 spiro atoms. The molecule has 5 N–H and O–H groups in total. The van der Waals surface area contributed by atoms with Crippen LogP contribution in [0.15, 0.2) is 47.8 Å². The second-order valence-electron chi connectivity index (χ2n) is 8.82. The van der Waals surface area contributed by atoms with E-state index < -0.39 is 0 Å². The number of para-hydroxylation sites is 1. The van der Waals surface area contributed by atoms with E-state index in [2.05, 4.69) is 52.2 Å². The number of nitrogen functional groups attached to an aromatic ring is 1. The Hall–Kier alpha value is -3.60. The molecule has 1 atom stereocenters. The summed E-state index contributed by atoms with van der Waals surface area (Å²) in [5.74, 6) is 1.16. The maximum Gasteiger partial charge on any atom is 0.228 e. The highest BCUT2D eigenvalue weighted by Gasteiger charge is 2.27. The average molecular weight is 491 g/mol. The highest BCUT2D eigenvalue weighted by atomic mass is 32.1. The molecule has 0 fully saturated rings. The summed E-state index contributed by atoms with van der Waals surface area (Å²) in [6.45, 7) is 1.76. The number of thiophene rings is 1. The Balaban J connectivity index is 1.49. The van der Waals surface area contributed by atoms with Gasteiger partial charge in [-0.3, -0.25) is 0 Å². The van der Waals surface area contributed by atoms with E-state index in [0.717, 1.165) is 45.9 Å². The Morgan fingerprint density at radius 3 is 2.74 bits per heavy atom. The van der Waals surface area contributed by atoms with Crippen molar-refractivity contribution >= 4 is 50.3 Å². The van der Waals surface area contributed by atoms with Crippen LogP contribution in [0.5, 0.6) is 5.75 Å². The van der Waals surface area contributed by atoms with E-state index in [9.17, 15) is 0 Å². The predicted molar refractivity (Wildman–Crippen MR) is 145 cm³/mol. The number of fused-ring (bicyclic) bond motifs is 2. The fraction of sp³-hybridized carbons (Fsp3) is 0.280. The summed E-state index contributed by atoms with van der Waals surface area (Å²) >= 11 is 1.64. The number of benzene rings is 2. The first-order valence-corrected chi connectivity index (χ1v) is 12.3. The van der Waals surface area contributed by atoms with Gasteiger partial charge in [-0.2, -0.15) is 0 Å². The third-order valence-corrected chi connectivity index (χ3v) is 7.04. The van der Waals surface area contributed by atoms with Gasteiger partial charge in [-0.25, -0.2) is 15.4 Å². The quantitative estimate of drug-likeness (QED) is 0.272. The summed E-state index contributed by atoms with van der Waals surface area (Å²) in [5.41, 5.74) is 19.4. The number of methoxy groups -OCH3 is 1. The fourth-order valence-corrected chi connectivity index (χ4v) is 5.07. The Morgan fingerprint density at radius 1 is 1.11 bits per heavy atom. The van der Waals surface area contributed by atoms with Crippen LogP contribution in [0.3, 0.4) is 0 Å². The van der Waals surface area contributed by atoms with Crippen molar-refractivity contribution in [2.24, 2.45) is 0 Å². The number of hydrogen-bond acceptors (Lipinski definition) is 10. The SMILES string of the molecule is COc1cc(N(C)CCN(C)C)c(N)cc1Nc1nc(C2NNc3ccccc32)c2sccc2n1. The van der Waals surface area contributed by atoms with Crippen LogP contribution in [0.25, 0.3) is 10.2 Å². The van der Waals surface area contributed by atoms with Crippen LogP contribution >= 0.6 is 11.3 Å². The van der Waals surface area contributed by atoms with Crippen LogP contribution in [-0.2, 0) is 0 Å². The smallest absolute Gasteiger partial charge is 0.228 e. The molecule has 3 heterocycles. The Kier molecular flexibility index (Phi) is 6.33. The first-order valence-electron chi connectivity index (χ1n) is 11.4. The molecule has 0 saturated heterocycles. The van der Waals surface area contributed by atoms with E-state index >= 15 is 0 Å². The zero-order valence-electron chi connectivity index (χ0n) is 20.3. The molecule has 5 rings (SSSR count). The number of hydrazine groups is 1. The molecule has 182 valence electrons. The van der Waals surface area contributed by atoms with Gasteiger partial charge in [0.1, 0.15) is 5.75 Å². The first kappa shape index (κ1) is 23.2. The molecule has 0 amide bonds. The normalized spacial score (nSPS) is 14.7. The largest absolute Gasteiger partial charge is 0.494 e. The van der Waals surface area contributed by atoms with Gasteiger partial charge in [0.15, 0.2) is 0 Å². The molecule has 9 nitrogen and oxygen atoms in total. The monoisotopic (exact) mass is 490 g/mol. The van der Waals surface area contributed by atoms with Gasteiger partial charge in [0, 0.05) is 31.8 Å². The molecule has 0 aliphatic carbocycles. The van der Waals surface area contributed by atoms with Crippen molar-refractivity contribution in [3.05, 3.63) is 59.1 Å². The Bertz CT molecular complexity index is 1350. The molecule has 1 aliphatic rings. The van der Waals surface area contributed by atoms with Crippen molar-refractivity contribution in [2.45, 2.75) is 6.04 Å². The third-order valence-electron chi connectivity index (χ3n) is 6.12. The molecule has 4 aromatic rings. The van der Waals surface area contributed by atoms with Gasteiger partial charge in [0.05, 0.1) is 51.8 Å². The van der Waals surface area contributed by atoms with Gasteiger partial charge < -0.3 is 31.0 Å². The molecular weight excluding hydrogens is 460 g/mol. The number of aromatic nitrogens is 2. The fourth-order valence-electron chi connectivity index (χ4n) is 4.22. The van der Waals surface area contributed by atoms with Crippen LogP contribution in [0.1, 0.15) is 17.3 Å². The van der Waals surface area contributed by atoms with E-state index in [1.54, 1.807) is 18.4 Å². The Labute approximate surface area is 208 Å². The minimum atomic E-state index is -0.0874. The standard InChI is InChI=1S/C25H30N8OS/c1-32(2)10-11-33(3)20-14-21(34-4)19(13-16(20)26)28-25-27-18-9-12-35-24(18)23(29-25)22-15-7-5-6-8-17(15)30-31-22/h5-9,12-14,22,30-31H,10-11,26H2,1-4H3,(H,27,28,29). The maximum atomic E-state index is 6.45. The van der Waals surface area contributed by atoms with Crippen LogP contribution in [0.4, 0.5) is 28.7 Å². The second kappa shape index (κ2) is 9.57. The molecule has 0 radical (unpaired) electrons. The van der Waals surface area contributed by atoms with E-state index in [1.165, 1.54) is 0 Å². The van der Waals surface area contributed by atoms with Crippen molar-refractivity contribution in [3.8, 4) is 5.75 Å². The van der Waals surface area contributed by atoms with Gasteiger partial charge in [0.25, 0.3) is 0 Å². The summed E-state index contributed by atoms with van der Waals surface area (Å²) in [5, 5.41) is 5.39. The van der Waals surface area contributed by atoms with Crippen molar-refractivity contribution < 1.29 is 4.74 Å². The zero-order valence-corrected chi connectivity index (χ0v) is 21.1. The van der Waals surface area contributed by atoms with E-state index in [4.69, 9.17) is 20.4 Å². The van der Waals surface area contributed by atoms with Crippen molar-refractivity contribution in [1.82, 2.24) is 20.3 Å². The lowest BCUT2D eigenvalue weighted by molar-refractivity contribution is 0.413. The molecule has 1 unspecified atom stereocenters. The number of nitrogens with two attached hydrogens (primary N) is 1. The molecule has 35 heavy (non-hydrogen) atoms. The predicted octanol–water partition coefficient (Wildman–Crippen LogP) is 4.04. The number of nitrogens with one attached hydrogen (secondary N) is 3. The van der Waals surface area contributed by atoms with Gasteiger partial charge in [-0.05, 0) is 37.7 Å². The lowest BCUT2D eigenvalue weighted by Crippen LogP contribution is -2.29. The summed E-state index contributed by atoms with van der Waals surface area (Å²) in [7, 11) is 7.79. The van der Waals surface area contributed by atoms with E-state index in [0.29, 0.717) is 23.1 Å². The number of rotatable bonds is 8. The van der Waals surface area contributed by atoms with Crippen LogP contribution in [-0.4, -0.2) is 56.2 Å². The zero-order chi connectivity index (χ0) is 24.5. The van der Waals surface area contributed by atoms with Crippen LogP contribution < -0.4 is 31.5 Å². The van der Waals surface area contributed by atoms with Gasteiger partial charge in [-0.1, -0.05) is 18.2 Å². The summed E-state index contributed by atoms with van der Waals surface area (Å²) in [6, 6.07) is 14.0. The highest BCUT2D eigenvalue weighted by Crippen LogP contribution is 2.39. The first-order chi connectivity index (χ1) is 16.9. The van der Waals surface area contributed by atoms with Crippen LogP contribution in [0.2, 0.25) is 0 Å². The number of hydrogen-bond donors (Lipinski definition) is 4. The lowest BCUT2D eigenvalue weighted by atomic mass is 10.0. The van der Waals surface area contributed by atoms with Crippen molar-refractivity contribution in [3.63, 3.8) is 0 Å². The number of anilines is 5. The molecule has 0 bridgehead atoms. The number of likely N-dealkylation sites (N-methyl/N-ethyl adjacent to an activating group) is 2. The van der Waals surface area contributed by atoms with Gasteiger partial charge in [-0.15, -0.1) is 11.3 Å². The topological polar surface area (TPSA) is 104 Å². The van der Waals surface area contributed by atoms with Gasteiger partial charge in [0.2, 0.25) is 5.95 Å². The van der Waals surface area contributed by atoms with Crippen molar-refractivity contribution in [1.29, 1.82) is 0 Å². The minimum Gasteiger partial charge on any atom is -0.494 e. The van der Waals surface area contributed by atoms with Gasteiger partial charge >= 0.3 is 0 Å². The minimum absolute atomic E-state index is 0.0874. The third kappa shape index (κ3) is 4.55. The molecule has 2 aromatic heterocycles. The van der Waals surface area contributed by atoms with E-state index in [-0.39, 0.29) is 6.04 Å². The maximum absolute atomic E-state index is 6.45. The second-order valence-corrected chi connectivity index (χ2v) is 9.73.